The minimum Gasteiger partial charge on any atom is -0.383 e. The van der Waals surface area contributed by atoms with Crippen molar-refractivity contribution < 1.29 is 0 Å². The minimum atomic E-state index is 0.0322. The molecule has 0 fully saturated rings. The Bertz CT molecular complexity index is 3020. The summed E-state index contributed by atoms with van der Waals surface area (Å²) < 4.78 is 0. The van der Waals surface area contributed by atoms with Gasteiger partial charge in [0.2, 0.25) is 0 Å². The summed E-state index contributed by atoms with van der Waals surface area (Å²) in [4.78, 5) is 2.47. The minimum absolute atomic E-state index is 0.0322. The Morgan fingerprint density at radius 3 is 1.23 bits per heavy atom. The van der Waals surface area contributed by atoms with Gasteiger partial charge in [-0.25, -0.2) is 0 Å². The summed E-state index contributed by atoms with van der Waals surface area (Å²) in [5, 5.41) is 0. The van der Waals surface area contributed by atoms with Crippen LogP contribution in [0.2, 0.25) is 0 Å². The van der Waals surface area contributed by atoms with E-state index in [1.165, 1.54) is 100 Å². The zero-order chi connectivity index (χ0) is 39.8. The number of hydrogen-bond donors (Lipinski definition) is 0. The molecule has 0 aliphatic carbocycles. The molecule has 0 saturated heterocycles. The van der Waals surface area contributed by atoms with Gasteiger partial charge < -0.3 is 4.81 Å². The second-order valence-electron chi connectivity index (χ2n) is 15.8. The van der Waals surface area contributed by atoms with Gasteiger partial charge in [-0.15, -0.1) is 0 Å². The molecule has 0 atom stereocenters. The number of rotatable bonds is 7. The summed E-state index contributed by atoms with van der Waals surface area (Å²) in [6, 6.07) is 81.8. The molecule has 0 amide bonds. The van der Waals surface area contributed by atoms with Crippen LogP contribution in [0.3, 0.4) is 0 Å². The Balaban J connectivity index is 1.02. The van der Waals surface area contributed by atoms with Crippen LogP contribution >= 0.6 is 0 Å². The molecule has 0 aromatic heterocycles. The highest BCUT2D eigenvalue weighted by Gasteiger charge is 2.34. The van der Waals surface area contributed by atoms with Crippen LogP contribution in [0.4, 0.5) is 5.69 Å². The molecule has 2 heterocycles. The second kappa shape index (κ2) is 15.2. The van der Waals surface area contributed by atoms with Crippen LogP contribution in [0.1, 0.15) is 5.56 Å². The lowest BCUT2D eigenvalue weighted by Gasteiger charge is -2.37. The first-order valence-corrected chi connectivity index (χ1v) is 20.8. The number of fused-ring (bicyclic) bond motifs is 6. The van der Waals surface area contributed by atoms with Crippen LogP contribution in [0.25, 0.3) is 83.5 Å². The van der Waals surface area contributed by atoms with Crippen LogP contribution < -0.4 is 10.3 Å². The Morgan fingerprint density at radius 2 is 0.683 bits per heavy atom. The molecule has 280 valence electrons. The van der Waals surface area contributed by atoms with Crippen molar-refractivity contribution in [2.75, 3.05) is 4.81 Å². The van der Waals surface area contributed by atoms with E-state index < -0.39 is 0 Å². The molecular formula is C58H40BN. The standard InChI is InChI=1S/C58H40BN/c1-5-16-41(17-6-1)45-24-15-25-46(32-45)52-34-51(44-22-11-4-12-23-44)37-54(38-52)48-30-31-60-58-39-47(28-29-56(58)55-26-13-14-27-57(55)59(60)40-48)53-35-49(42-18-7-2-8-19-42)33-50(36-53)43-20-9-3-10-21-43/h1-40H. The van der Waals surface area contributed by atoms with Crippen molar-refractivity contribution >= 4 is 23.6 Å². The Labute approximate surface area is 353 Å². The van der Waals surface area contributed by atoms with Crippen molar-refractivity contribution in [3.05, 3.63) is 248 Å². The average Bonchev–Trinajstić information content (AvgIpc) is 3.34. The zero-order valence-electron chi connectivity index (χ0n) is 33.1. The lowest BCUT2D eigenvalue weighted by Crippen LogP contribution is -2.49. The first-order chi connectivity index (χ1) is 29.7. The maximum Gasteiger partial charge on any atom is 0.321 e. The van der Waals surface area contributed by atoms with Gasteiger partial charge in [0.05, 0.1) is 0 Å². The quantitative estimate of drug-likeness (QED) is 0.146. The third-order valence-corrected chi connectivity index (χ3v) is 12.1. The third kappa shape index (κ3) is 6.69. The van der Waals surface area contributed by atoms with Crippen molar-refractivity contribution in [1.82, 2.24) is 0 Å². The topological polar surface area (TPSA) is 3.24 Å². The molecule has 9 aromatic rings. The molecule has 9 aromatic carbocycles. The van der Waals surface area contributed by atoms with Gasteiger partial charge in [-0.2, -0.15) is 0 Å². The molecule has 2 aliphatic rings. The fraction of sp³-hybridized carbons (Fsp3) is 0. The molecule has 11 rings (SSSR count). The van der Waals surface area contributed by atoms with Gasteiger partial charge in [0, 0.05) is 11.3 Å². The van der Waals surface area contributed by atoms with Crippen LogP contribution in [0, 0.1) is 0 Å². The number of allylic oxidation sites excluding steroid dienone is 2. The van der Waals surface area contributed by atoms with Crippen molar-refractivity contribution in [2.45, 2.75) is 0 Å². The zero-order valence-corrected chi connectivity index (χ0v) is 33.1. The fourth-order valence-electron chi connectivity index (χ4n) is 9.03. The Morgan fingerprint density at radius 1 is 0.283 bits per heavy atom. The molecule has 0 N–H and O–H groups in total. The molecule has 0 bridgehead atoms. The van der Waals surface area contributed by atoms with E-state index in [0.717, 1.165) is 0 Å². The summed E-state index contributed by atoms with van der Waals surface area (Å²) >= 11 is 0. The van der Waals surface area contributed by atoms with Crippen LogP contribution in [0.15, 0.2) is 243 Å². The molecule has 2 aliphatic heterocycles. The van der Waals surface area contributed by atoms with Gasteiger partial charge in [0.15, 0.2) is 0 Å². The van der Waals surface area contributed by atoms with Crippen LogP contribution in [-0.4, -0.2) is 6.85 Å². The molecule has 2 heteroatoms. The number of hydrogen-bond acceptors (Lipinski definition) is 1. The van der Waals surface area contributed by atoms with Crippen molar-refractivity contribution in [3.8, 4) is 77.9 Å². The van der Waals surface area contributed by atoms with Crippen molar-refractivity contribution in [3.63, 3.8) is 0 Å². The van der Waals surface area contributed by atoms with E-state index in [9.17, 15) is 0 Å². The average molecular weight is 762 g/mol. The van der Waals surface area contributed by atoms with Gasteiger partial charge >= 0.3 is 6.85 Å². The molecule has 1 nitrogen and oxygen atoms in total. The predicted octanol–water partition coefficient (Wildman–Crippen LogP) is 14.5. The van der Waals surface area contributed by atoms with Gasteiger partial charge in [-0.1, -0.05) is 182 Å². The molecule has 0 saturated carbocycles. The van der Waals surface area contributed by atoms with E-state index in [2.05, 4.69) is 248 Å². The van der Waals surface area contributed by atoms with Crippen LogP contribution in [-0.2, 0) is 0 Å². The van der Waals surface area contributed by atoms with Crippen molar-refractivity contribution in [1.29, 1.82) is 0 Å². The molecular weight excluding hydrogens is 721 g/mol. The fourth-order valence-corrected chi connectivity index (χ4v) is 9.03. The number of anilines is 1. The lowest BCUT2D eigenvalue weighted by atomic mass is 9.48. The first-order valence-electron chi connectivity index (χ1n) is 20.8. The molecule has 60 heavy (non-hydrogen) atoms. The normalized spacial score (nSPS) is 12.6. The summed E-state index contributed by atoms with van der Waals surface area (Å²) in [6.45, 7) is 0.0322. The van der Waals surface area contributed by atoms with Gasteiger partial charge in [-0.05, 0) is 150 Å². The summed E-state index contributed by atoms with van der Waals surface area (Å²) in [6.07, 6.45) is 4.61. The van der Waals surface area contributed by atoms with Gasteiger partial charge in [-0.3, -0.25) is 0 Å². The maximum atomic E-state index is 2.47. The van der Waals surface area contributed by atoms with E-state index in [4.69, 9.17) is 0 Å². The first kappa shape index (κ1) is 35.5. The third-order valence-electron chi connectivity index (χ3n) is 12.1. The smallest absolute Gasteiger partial charge is 0.321 e. The highest BCUT2D eigenvalue weighted by molar-refractivity contribution is 6.84. The number of nitrogens with zero attached hydrogens (tertiary/aromatic N) is 1. The highest BCUT2D eigenvalue weighted by Crippen LogP contribution is 2.43. The van der Waals surface area contributed by atoms with Crippen LogP contribution in [0.5, 0.6) is 0 Å². The summed E-state index contributed by atoms with van der Waals surface area (Å²) in [5.74, 6) is 2.46. The van der Waals surface area contributed by atoms with Gasteiger partial charge in [0.1, 0.15) is 0 Å². The summed E-state index contributed by atoms with van der Waals surface area (Å²) in [7, 11) is 0. The van der Waals surface area contributed by atoms with E-state index in [1.807, 2.05) is 0 Å². The molecule has 0 unspecified atom stereocenters. The molecule has 0 spiro atoms. The number of benzene rings is 9. The van der Waals surface area contributed by atoms with E-state index in [0.29, 0.717) is 0 Å². The van der Waals surface area contributed by atoms with Crippen molar-refractivity contribution in [2.24, 2.45) is 0 Å². The Kier molecular flexibility index (Phi) is 9.02. The monoisotopic (exact) mass is 761 g/mol. The summed E-state index contributed by atoms with van der Waals surface area (Å²) in [5.41, 5.74) is 22.0. The van der Waals surface area contributed by atoms with E-state index >= 15 is 0 Å². The molecule has 0 radical (unpaired) electrons. The maximum absolute atomic E-state index is 2.47. The predicted molar refractivity (Wildman–Crippen MR) is 256 cm³/mol. The second-order valence-corrected chi connectivity index (χ2v) is 15.8. The van der Waals surface area contributed by atoms with E-state index in [-0.39, 0.29) is 6.85 Å². The van der Waals surface area contributed by atoms with E-state index in [1.54, 1.807) is 0 Å². The van der Waals surface area contributed by atoms with Gasteiger partial charge in [0.25, 0.3) is 0 Å². The largest absolute Gasteiger partial charge is 0.383 e. The SMILES string of the molecule is C1=CN2B(C=C1c1cc(-c3ccccc3)cc(-c3cccc(-c4ccccc4)c3)c1)c1ccccc1-c1ccc(-c3cc(-c4ccccc4)cc(-c4ccccc4)c3)cc12. The lowest BCUT2D eigenvalue weighted by molar-refractivity contribution is 1.36. The highest BCUT2D eigenvalue weighted by atomic mass is 15.1. The Hall–Kier alpha value is -7.68.